The van der Waals surface area contributed by atoms with Gasteiger partial charge in [-0.15, -0.1) is 0 Å². The zero-order valence-corrected chi connectivity index (χ0v) is 12.2. The van der Waals surface area contributed by atoms with Gasteiger partial charge in [0.25, 0.3) is 0 Å². The van der Waals surface area contributed by atoms with Crippen LogP contribution in [-0.4, -0.2) is 27.7 Å². The van der Waals surface area contributed by atoms with E-state index in [2.05, 4.69) is 20.3 Å². The van der Waals surface area contributed by atoms with Crippen LogP contribution in [0.2, 0.25) is 0 Å². The van der Waals surface area contributed by atoms with Crippen LogP contribution in [0.4, 0.5) is 10.7 Å². The monoisotopic (exact) mass is 278 g/mol. The molecule has 1 aromatic heterocycles. The van der Waals surface area contributed by atoms with E-state index < -0.39 is 17.2 Å². The van der Waals surface area contributed by atoms with Crippen molar-refractivity contribution in [1.29, 1.82) is 0 Å². The molecule has 0 bridgehead atoms. The van der Waals surface area contributed by atoms with E-state index in [4.69, 9.17) is 4.74 Å². The van der Waals surface area contributed by atoms with Crippen LogP contribution in [0.5, 0.6) is 0 Å². The Kier molecular flexibility index (Phi) is 4.57. The molecule has 0 saturated carbocycles. The number of rotatable bonds is 3. The molecule has 1 aromatic rings. The van der Waals surface area contributed by atoms with Crippen molar-refractivity contribution in [1.82, 2.24) is 9.97 Å². The number of aromatic nitrogens is 2. The van der Waals surface area contributed by atoms with Crippen LogP contribution >= 0.6 is 0 Å². The summed E-state index contributed by atoms with van der Waals surface area (Å²) in [4.78, 5) is 33.5. The van der Waals surface area contributed by atoms with Gasteiger partial charge in [0.2, 0.25) is 12.0 Å². The van der Waals surface area contributed by atoms with Crippen LogP contribution in [-0.2, 0) is 15.1 Å². The lowest BCUT2D eigenvalue weighted by Crippen LogP contribution is -2.28. The average Bonchev–Trinajstić information content (AvgIpc) is 2.26. The third-order valence-corrected chi connectivity index (χ3v) is 2.30. The molecule has 0 spiro atoms. The topological polar surface area (TPSA) is 93.5 Å². The van der Waals surface area contributed by atoms with Gasteiger partial charge in [-0.05, 0) is 34.6 Å². The van der Waals surface area contributed by atoms with Crippen molar-refractivity contribution in [2.75, 3.05) is 5.32 Å². The zero-order chi connectivity index (χ0) is 15.4. The molecule has 1 rings (SSSR count). The van der Waals surface area contributed by atoms with Crippen LogP contribution in [0.15, 0.2) is 17.4 Å². The molecule has 1 amide bonds. The molecule has 0 radical (unpaired) electrons. The van der Waals surface area contributed by atoms with E-state index in [1.165, 1.54) is 18.5 Å². The Morgan fingerprint density at radius 1 is 1.25 bits per heavy atom. The molecule has 7 nitrogen and oxygen atoms in total. The summed E-state index contributed by atoms with van der Waals surface area (Å²) in [7, 11) is 0. The van der Waals surface area contributed by atoms with Gasteiger partial charge in [-0.25, -0.2) is 19.6 Å². The number of isocyanates is 1. The predicted octanol–water partition coefficient (Wildman–Crippen LogP) is 2.39. The van der Waals surface area contributed by atoms with Crippen molar-refractivity contribution in [2.24, 2.45) is 4.99 Å². The average molecular weight is 278 g/mol. The van der Waals surface area contributed by atoms with Crippen molar-refractivity contribution in [3.63, 3.8) is 0 Å². The van der Waals surface area contributed by atoms with Gasteiger partial charge in [0.05, 0.1) is 5.54 Å². The van der Waals surface area contributed by atoms with Gasteiger partial charge in [0.1, 0.15) is 5.60 Å². The summed E-state index contributed by atoms with van der Waals surface area (Å²) in [6.45, 7) is 8.75. The van der Waals surface area contributed by atoms with Gasteiger partial charge in [-0.1, -0.05) is 0 Å². The van der Waals surface area contributed by atoms with Crippen molar-refractivity contribution >= 4 is 18.1 Å². The number of nitrogens with zero attached hydrogens (tertiary/aromatic N) is 3. The highest BCUT2D eigenvalue weighted by Crippen LogP contribution is 2.22. The van der Waals surface area contributed by atoms with Crippen molar-refractivity contribution in [3.05, 3.63) is 18.0 Å². The number of ether oxygens (including phenoxy) is 1. The van der Waals surface area contributed by atoms with Crippen molar-refractivity contribution in [3.8, 4) is 0 Å². The smallest absolute Gasteiger partial charge is 0.414 e. The van der Waals surface area contributed by atoms with E-state index in [-0.39, 0.29) is 5.95 Å². The first-order valence-electron chi connectivity index (χ1n) is 6.05. The Balaban J connectivity index is 2.77. The molecule has 1 N–H and O–H groups in total. The Morgan fingerprint density at radius 2 is 1.80 bits per heavy atom. The maximum atomic E-state index is 11.5. The van der Waals surface area contributed by atoms with Gasteiger partial charge >= 0.3 is 6.09 Å². The molecule has 108 valence electrons. The van der Waals surface area contributed by atoms with E-state index >= 15 is 0 Å². The van der Waals surface area contributed by atoms with Gasteiger partial charge in [-0.3, -0.25) is 5.32 Å². The highest BCUT2D eigenvalue weighted by atomic mass is 16.6. The van der Waals surface area contributed by atoms with Gasteiger partial charge < -0.3 is 4.74 Å². The Bertz CT molecular complexity index is 526. The van der Waals surface area contributed by atoms with Gasteiger partial charge in [0.15, 0.2) is 0 Å². The highest BCUT2D eigenvalue weighted by Gasteiger charge is 2.21. The first-order valence-corrected chi connectivity index (χ1v) is 6.05. The highest BCUT2D eigenvalue weighted by molar-refractivity contribution is 5.82. The molecule has 0 aliphatic carbocycles. The van der Waals surface area contributed by atoms with E-state index in [0.29, 0.717) is 5.56 Å². The first-order chi connectivity index (χ1) is 9.14. The molecule has 0 aliphatic rings. The number of carbonyl (C=O) groups is 1. The SMILES string of the molecule is CC(C)(C)OC(=O)Nc1ncc(C(C)(C)N=C=O)cn1. The van der Waals surface area contributed by atoms with Crippen molar-refractivity contribution in [2.45, 2.75) is 45.8 Å². The van der Waals surface area contributed by atoms with E-state index in [0.717, 1.165) is 0 Å². The molecule has 1 heterocycles. The normalized spacial score (nSPS) is 11.4. The molecule has 0 unspecified atom stereocenters. The molecule has 0 aromatic carbocycles. The van der Waals surface area contributed by atoms with E-state index in [1.54, 1.807) is 34.6 Å². The fourth-order valence-electron chi connectivity index (χ4n) is 1.28. The lowest BCUT2D eigenvalue weighted by atomic mass is 9.99. The number of carbonyl (C=O) groups excluding carboxylic acids is 2. The summed E-state index contributed by atoms with van der Waals surface area (Å²) in [6.07, 6.45) is 3.85. The summed E-state index contributed by atoms with van der Waals surface area (Å²) in [5.74, 6) is 0.119. The zero-order valence-electron chi connectivity index (χ0n) is 12.2. The van der Waals surface area contributed by atoms with Crippen LogP contribution in [0, 0.1) is 0 Å². The second-order valence-corrected chi connectivity index (χ2v) is 5.68. The number of anilines is 1. The largest absolute Gasteiger partial charge is 0.444 e. The summed E-state index contributed by atoms with van der Waals surface area (Å²) >= 11 is 0. The predicted molar refractivity (Wildman–Crippen MR) is 73.0 cm³/mol. The molecule has 0 atom stereocenters. The van der Waals surface area contributed by atoms with E-state index in [1.807, 2.05) is 0 Å². The number of hydrogen-bond acceptors (Lipinski definition) is 6. The number of nitrogens with one attached hydrogen (secondary N) is 1. The molecule has 0 saturated heterocycles. The summed E-state index contributed by atoms with van der Waals surface area (Å²) < 4.78 is 5.08. The lowest BCUT2D eigenvalue weighted by molar-refractivity contribution is 0.0634. The Morgan fingerprint density at radius 3 is 2.25 bits per heavy atom. The van der Waals surface area contributed by atoms with Gasteiger partial charge in [0, 0.05) is 18.0 Å². The maximum absolute atomic E-state index is 11.5. The molecular weight excluding hydrogens is 260 g/mol. The minimum atomic E-state index is -0.758. The fraction of sp³-hybridized carbons (Fsp3) is 0.538. The molecule has 7 heteroatoms. The lowest BCUT2D eigenvalue weighted by Gasteiger charge is -2.19. The Hall–Kier alpha value is -2.27. The number of amides is 1. The molecule has 0 aliphatic heterocycles. The second-order valence-electron chi connectivity index (χ2n) is 5.68. The van der Waals surface area contributed by atoms with Gasteiger partial charge in [-0.2, -0.15) is 4.99 Å². The quantitative estimate of drug-likeness (QED) is 0.676. The van der Waals surface area contributed by atoms with E-state index in [9.17, 15) is 9.59 Å². The number of hydrogen-bond donors (Lipinski definition) is 1. The standard InChI is InChI=1S/C13H18N4O3/c1-12(2,3)20-11(19)17-10-14-6-9(7-15-10)13(4,5)16-8-18/h6-7H,1-5H3,(H,14,15,17,19). The summed E-state index contributed by atoms with van der Waals surface area (Å²) in [5.41, 5.74) is -0.716. The number of aliphatic imine (C=N–C) groups is 1. The molecule has 20 heavy (non-hydrogen) atoms. The van der Waals surface area contributed by atoms with Crippen LogP contribution < -0.4 is 5.32 Å². The third kappa shape index (κ3) is 4.78. The van der Waals surface area contributed by atoms with Crippen molar-refractivity contribution < 1.29 is 14.3 Å². The van der Waals surface area contributed by atoms with Crippen LogP contribution in [0.1, 0.15) is 40.2 Å². The maximum Gasteiger partial charge on any atom is 0.414 e. The van der Waals surface area contributed by atoms with Crippen LogP contribution in [0.3, 0.4) is 0 Å². The van der Waals surface area contributed by atoms with Crippen LogP contribution in [0.25, 0.3) is 0 Å². The second kappa shape index (κ2) is 5.79. The minimum Gasteiger partial charge on any atom is -0.444 e. The third-order valence-electron chi connectivity index (χ3n) is 2.30. The summed E-state index contributed by atoms with van der Waals surface area (Å²) in [6, 6.07) is 0. The minimum absolute atomic E-state index is 0.119. The fourth-order valence-corrected chi connectivity index (χ4v) is 1.28. The summed E-state index contributed by atoms with van der Waals surface area (Å²) in [5, 5.41) is 2.42. The molecular formula is C13H18N4O3. The first kappa shape index (κ1) is 15.8. The Labute approximate surface area is 117 Å². The molecule has 0 fully saturated rings.